The third kappa shape index (κ3) is 2.99. The van der Waals surface area contributed by atoms with Crippen LogP contribution in [0.25, 0.3) is 0 Å². The largest absolute Gasteiger partial charge is 0.381 e. The summed E-state index contributed by atoms with van der Waals surface area (Å²) in [7, 11) is 0. The maximum absolute atomic E-state index is 13.1. The minimum Gasteiger partial charge on any atom is -0.381 e. The SMILES string of the molecule is C[C@@H](CN)NC(=O)C1(c2ccc(F)cc2)CCOCC1. The Bertz CT molecular complexity index is 455. The van der Waals surface area contributed by atoms with Crippen LogP contribution in [0.4, 0.5) is 4.39 Å². The summed E-state index contributed by atoms with van der Waals surface area (Å²) in [5.74, 6) is -0.350. The van der Waals surface area contributed by atoms with Crippen molar-refractivity contribution in [2.45, 2.75) is 31.2 Å². The zero-order valence-corrected chi connectivity index (χ0v) is 11.7. The molecule has 0 radical (unpaired) electrons. The summed E-state index contributed by atoms with van der Waals surface area (Å²) in [5, 5.41) is 2.94. The summed E-state index contributed by atoms with van der Waals surface area (Å²) in [5.41, 5.74) is 5.76. The van der Waals surface area contributed by atoms with Gasteiger partial charge in [0.05, 0.1) is 5.41 Å². The molecule has 1 aliphatic heterocycles. The summed E-state index contributed by atoms with van der Waals surface area (Å²) in [6.45, 7) is 3.32. The molecule has 3 N–H and O–H groups in total. The van der Waals surface area contributed by atoms with Crippen molar-refractivity contribution in [3.63, 3.8) is 0 Å². The van der Waals surface area contributed by atoms with Crippen LogP contribution in [0.1, 0.15) is 25.3 Å². The number of hydrogen-bond acceptors (Lipinski definition) is 3. The van der Waals surface area contributed by atoms with E-state index in [0.29, 0.717) is 32.6 Å². The zero-order valence-electron chi connectivity index (χ0n) is 11.7. The van der Waals surface area contributed by atoms with Crippen molar-refractivity contribution in [2.24, 2.45) is 5.73 Å². The number of amides is 1. The highest BCUT2D eigenvalue weighted by atomic mass is 19.1. The Balaban J connectivity index is 2.29. The number of carbonyl (C=O) groups is 1. The van der Waals surface area contributed by atoms with Crippen molar-refractivity contribution >= 4 is 5.91 Å². The lowest BCUT2D eigenvalue weighted by Crippen LogP contribution is -2.51. The molecule has 20 heavy (non-hydrogen) atoms. The van der Waals surface area contributed by atoms with Crippen LogP contribution in [0, 0.1) is 5.82 Å². The maximum atomic E-state index is 13.1. The smallest absolute Gasteiger partial charge is 0.231 e. The molecular weight excluding hydrogens is 259 g/mol. The molecule has 1 aromatic carbocycles. The Kier molecular flexibility index (Phi) is 4.73. The molecule has 1 saturated heterocycles. The van der Waals surface area contributed by atoms with Crippen LogP contribution in [0.3, 0.4) is 0 Å². The van der Waals surface area contributed by atoms with Gasteiger partial charge in [-0.3, -0.25) is 4.79 Å². The van der Waals surface area contributed by atoms with Gasteiger partial charge in [0.25, 0.3) is 0 Å². The van der Waals surface area contributed by atoms with Crippen molar-refractivity contribution in [1.29, 1.82) is 0 Å². The number of hydrogen-bond donors (Lipinski definition) is 2. The van der Waals surface area contributed by atoms with Crippen molar-refractivity contribution < 1.29 is 13.9 Å². The fourth-order valence-electron chi connectivity index (χ4n) is 2.56. The van der Waals surface area contributed by atoms with Crippen molar-refractivity contribution in [3.8, 4) is 0 Å². The van der Waals surface area contributed by atoms with E-state index in [4.69, 9.17) is 10.5 Å². The molecule has 1 atom stereocenters. The van der Waals surface area contributed by atoms with Crippen LogP contribution < -0.4 is 11.1 Å². The van der Waals surface area contributed by atoms with Crippen molar-refractivity contribution in [2.75, 3.05) is 19.8 Å². The summed E-state index contributed by atoms with van der Waals surface area (Å²) >= 11 is 0. The van der Waals surface area contributed by atoms with Gasteiger partial charge in [0.1, 0.15) is 5.82 Å². The van der Waals surface area contributed by atoms with E-state index in [0.717, 1.165) is 5.56 Å². The first kappa shape index (κ1) is 14.9. The summed E-state index contributed by atoms with van der Waals surface area (Å²) < 4.78 is 18.5. The summed E-state index contributed by atoms with van der Waals surface area (Å²) in [6.07, 6.45) is 1.20. The molecule has 0 saturated carbocycles. The van der Waals surface area contributed by atoms with Crippen molar-refractivity contribution in [3.05, 3.63) is 35.6 Å². The minimum absolute atomic E-state index is 0.0506. The van der Waals surface area contributed by atoms with Crippen LogP contribution in [-0.4, -0.2) is 31.7 Å². The van der Waals surface area contributed by atoms with E-state index >= 15 is 0 Å². The monoisotopic (exact) mass is 280 g/mol. The molecule has 5 heteroatoms. The van der Waals surface area contributed by atoms with Gasteiger partial charge >= 0.3 is 0 Å². The second-order valence-corrected chi connectivity index (χ2v) is 5.31. The molecule has 1 amide bonds. The number of rotatable bonds is 4. The first-order valence-corrected chi connectivity index (χ1v) is 6.93. The van der Waals surface area contributed by atoms with E-state index in [2.05, 4.69) is 5.32 Å². The molecule has 1 aliphatic rings. The average Bonchev–Trinajstić information content (AvgIpc) is 2.48. The summed E-state index contributed by atoms with van der Waals surface area (Å²) in [4.78, 5) is 12.7. The van der Waals surface area contributed by atoms with Gasteiger partial charge in [0.15, 0.2) is 0 Å². The topological polar surface area (TPSA) is 64.3 Å². The summed E-state index contributed by atoms with van der Waals surface area (Å²) in [6, 6.07) is 6.08. The number of ether oxygens (including phenoxy) is 1. The normalized spacial score (nSPS) is 19.4. The second kappa shape index (κ2) is 6.33. The first-order valence-electron chi connectivity index (χ1n) is 6.93. The van der Waals surface area contributed by atoms with E-state index in [9.17, 15) is 9.18 Å². The lowest BCUT2D eigenvalue weighted by molar-refractivity contribution is -0.131. The maximum Gasteiger partial charge on any atom is 0.231 e. The van der Waals surface area contributed by atoms with Crippen molar-refractivity contribution in [1.82, 2.24) is 5.32 Å². The van der Waals surface area contributed by atoms with E-state index in [1.54, 1.807) is 12.1 Å². The molecule has 110 valence electrons. The fraction of sp³-hybridized carbons (Fsp3) is 0.533. The van der Waals surface area contributed by atoms with E-state index in [1.165, 1.54) is 12.1 Å². The zero-order chi connectivity index (χ0) is 14.6. The average molecular weight is 280 g/mol. The Hall–Kier alpha value is -1.46. The van der Waals surface area contributed by atoms with E-state index in [1.807, 2.05) is 6.92 Å². The molecular formula is C15H21FN2O2. The Morgan fingerprint density at radius 1 is 1.40 bits per heavy atom. The molecule has 1 fully saturated rings. The molecule has 1 heterocycles. The van der Waals surface area contributed by atoms with Crippen LogP contribution in [-0.2, 0) is 14.9 Å². The van der Waals surface area contributed by atoms with Gasteiger partial charge in [-0.1, -0.05) is 12.1 Å². The van der Waals surface area contributed by atoms with Gasteiger partial charge in [-0.25, -0.2) is 4.39 Å². The lowest BCUT2D eigenvalue weighted by Gasteiger charge is -2.37. The van der Waals surface area contributed by atoms with Crippen LogP contribution in [0.5, 0.6) is 0 Å². The Morgan fingerprint density at radius 3 is 2.55 bits per heavy atom. The Morgan fingerprint density at radius 2 is 2.00 bits per heavy atom. The van der Waals surface area contributed by atoms with Gasteiger partial charge < -0.3 is 15.8 Å². The van der Waals surface area contributed by atoms with Gasteiger partial charge in [-0.15, -0.1) is 0 Å². The first-order chi connectivity index (χ1) is 9.58. The molecule has 0 unspecified atom stereocenters. The molecule has 0 spiro atoms. The highest BCUT2D eigenvalue weighted by Gasteiger charge is 2.41. The van der Waals surface area contributed by atoms with Gasteiger partial charge in [-0.05, 0) is 37.5 Å². The fourth-order valence-corrected chi connectivity index (χ4v) is 2.56. The van der Waals surface area contributed by atoms with Crippen LogP contribution in [0.2, 0.25) is 0 Å². The highest BCUT2D eigenvalue weighted by Crippen LogP contribution is 2.35. The standard InChI is InChI=1S/C15H21FN2O2/c1-11(10-17)18-14(19)15(6-8-20-9-7-15)12-2-4-13(16)5-3-12/h2-5,11H,6-10,17H2,1H3,(H,18,19)/t11-/m0/s1. The van der Waals surface area contributed by atoms with E-state index in [-0.39, 0.29) is 17.8 Å². The Labute approximate surface area is 118 Å². The third-order valence-corrected chi connectivity index (χ3v) is 3.91. The second-order valence-electron chi connectivity index (χ2n) is 5.31. The quantitative estimate of drug-likeness (QED) is 0.874. The predicted octanol–water partition coefficient (Wildman–Crippen LogP) is 1.34. The van der Waals surface area contributed by atoms with Crippen LogP contribution in [0.15, 0.2) is 24.3 Å². The van der Waals surface area contributed by atoms with Gasteiger partial charge in [-0.2, -0.15) is 0 Å². The minimum atomic E-state index is -0.643. The number of halogens is 1. The molecule has 0 bridgehead atoms. The number of nitrogens with one attached hydrogen (secondary N) is 1. The number of benzene rings is 1. The van der Waals surface area contributed by atoms with Crippen LogP contribution >= 0.6 is 0 Å². The third-order valence-electron chi connectivity index (χ3n) is 3.91. The molecule has 0 aliphatic carbocycles. The molecule has 2 rings (SSSR count). The van der Waals surface area contributed by atoms with Gasteiger partial charge in [0.2, 0.25) is 5.91 Å². The molecule has 1 aromatic rings. The highest BCUT2D eigenvalue weighted by molar-refractivity contribution is 5.88. The predicted molar refractivity (Wildman–Crippen MR) is 74.8 cm³/mol. The molecule has 4 nitrogen and oxygen atoms in total. The number of carbonyl (C=O) groups excluding carboxylic acids is 1. The molecule has 0 aromatic heterocycles. The van der Waals surface area contributed by atoms with E-state index < -0.39 is 5.41 Å². The van der Waals surface area contributed by atoms with Gasteiger partial charge in [0, 0.05) is 25.8 Å². The lowest BCUT2D eigenvalue weighted by atomic mass is 9.73. The number of nitrogens with two attached hydrogens (primary N) is 1.